The summed E-state index contributed by atoms with van der Waals surface area (Å²) in [5.74, 6) is 0.778. The molecular formula is C12H20N4O2S. The molecule has 7 heteroatoms. The molecular weight excluding hydrogens is 264 g/mol. The summed E-state index contributed by atoms with van der Waals surface area (Å²) in [6.07, 6.45) is 2.58. The summed E-state index contributed by atoms with van der Waals surface area (Å²) in [5.41, 5.74) is 0. The van der Waals surface area contributed by atoms with Crippen molar-refractivity contribution in [2.45, 2.75) is 37.9 Å². The quantitative estimate of drug-likeness (QED) is 0.771. The Kier molecular flexibility index (Phi) is 4.34. The number of carboxylic acid groups (broad SMARTS) is 1. The molecule has 1 aliphatic carbocycles. The van der Waals surface area contributed by atoms with E-state index >= 15 is 0 Å². The van der Waals surface area contributed by atoms with Crippen molar-refractivity contribution in [2.24, 2.45) is 5.92 Å². The fourth-order valence-electron chi connectivity index (χ4n) is 1.98. The number of hydrogen-bond donors (Lipinski definition) is 1. The highest BCUT2D eigenvalue weighted by Gasteiger charge is 2.26. The molecule has 0 aromatic carbocycles. The number of rotatable bonds is 7. The fraction of sp³-hybridized carbons (Fsp3) is 0.750. The van der Waals surface area contributed by atoms with E-state index in [-0.39, 0.29) is 11.8 Å². The summed E-state index contributed by atoms with van der Waals surface area (Å²) >= 11 is 1.22. The summed E-state index contributed by atoms with van der Waals surface area (Å²) in [6.45, 7) is 5.11. The highest BCUT2D eigenvalue weighted by atomic mass is 32.2. The van der Waals surface area contributed by atoms with E-state index < -0.39 is 5.97 Å². The van der Waals surface area contributed by atoms with Crippen LogP contribution in [0.4, 0.5) is 5.95 Å². The van der Waals surface area contributed by atoms with Crippen LogP contribution in [0.1, 0.15) is 32.7 Å². The third-order valence-electron chi connectivity index (χ3n) is 3.06. The fourth-order valence-corrected chi connectivity index (χ4v) is 2.76. The van der Waals surface area contributed by atoms with E-state index in [1.165, 1.54) is 24.6 Å². The lowest BCUT2D eigenvalue weighted by atomic mass is 10.4. The number of aromatic nitrogens is 3. The molecule has 0 amide bonds. The third-order valence-corrected chi connectivity index (χ3v) is 3.99. The monoisotopic (exact) mass is 284 g/mol. The molecule has 1 aliphatic rings. The summed E-state index contributed by atoms with van der Waals surface area (Å²) < 4.78 is 2.01. The van der Waals surface area contributed by atoms with Gasteiger partial charge in [0.05, 0.1) is 5.75 Å². The van der Waals surface area contributed by atoms with Gasteiger partial charge in [-0.2, -0.15) is 0 Å². The number of hydrogen-bond acceptors (Lipinski definition) is 5. The molecule has 1 aromatic rings. The molecule has 1 saturated carbocycles. The maximum Gasteiger partial charge on any atom is 0.313 e. The Hall–Kier alpha value is -1.24. The number of anilines is 1. The second-order valence-corrected chi connectivity index (χ2v) is 6.20. The largest absolute Gasteiger partial charge is 0.481 e. The zero-order valence-corrected chi connectivity index (χ0v) is 12.4. The molecule has 0 unspecified atom stereocenters. The van der Waals surface area contributed by atoms with Gasteiger partial charge in [-0.25, -0.2) is 0 Å². The van der Waals surface area contributed by atoms with Gasteiger partial charge in [0.25, 0.3) is 0 Å². The lowest BCUT2D eigenvalue weighted by molar-refractivity contribution is -0.133. The van der Waals surface area contributed by atoms with Crippen molar-refractivity contribution >= 4 is 23.7 Å². The minimum absolute atomic E-state index is 0.0111. The van der Waals surface area contributed by atoms with Crippen LogP contribution in [0.25, 0.3) is 0 Å². The van der Waals surface area contributed by atoms with Crippen LogP contribution in [-0.2, 0) is 4.79 Å². The zero-order valence-electron chi connectivity index (χ0n) is 11.5. The highest BCUT2D eigenvalue weighted by Crippen LogP contribution is 2.32. The van der Waals surface area contributed by atoms with Gasteiger partial charge in [0.15, 0.2) is 5.16 Å². The normalized spacial score (nSPS) is 14.9. The first-order chi connectivity index (χ1) is 8.99. The van der Waals surface area contributed by atoms with E-state index in [9.17, 15) is 4.79 Å². The summed E-state index contributed by atoms with van der Waals surface area (Å²) in [4.78, 5) is 12.8. The van der Waals surface area contributed by atoms with Crippen LogP contribution in [0.15, 0.2) is 5.16 Å². The van der Waals surface area contributed by atoms with Crippen molar-refractivity contribution in [3.05, 3.63) is 0 Å². The molecule has 1 aromatic heterocycles. The van der Waals surface area contributed by atoms with Crippen molar-refractivity contribution in [1.29, 1.82) is 0 Å². The van der Waals surface area contributed by atoms with E-state index in [4.69, 9.17) is 5.11 Å². The molecule has 1 N–H and O–H groups in total. The molecule has 1 heterocycles. The Balaban J connectivity index is 2.15. The maximum absolute atomic E-state index is 10.7. The number of thioether (sulfide) groups is 1. The van der Waals surface area contributed by atoms with E-state index in [1.54, 1.807) is 0 Å². The Morgan fingerprint density at radius 2 is 2.21 bits per heavy atom. The smallest absolute Gasteiger partial charge is 0.313 e. The van der Waals surface area contributed by atoms with Gasteiger partial charge in [-0.15, -0.1) is 10.2 Å². The predicted octanol–water partition coefficient (Wildman–Crippen LogP) is 1.88. The van der Waals surface area contributed by atoms with Crippen LogP contribution in [0, 0.1) is 5.92 Å². The molecule has 0 saturated heterocycles. The molecule has 0 radical (unpaired) electrons. The van der Waals surface area contributed by atoms with E-state index in [2.05, 4.69) is 28.9 Å². The van der Waals surface area contributed by atoms with Crippen LogP contribution in [-0.4, -0.2) is 45.2 Å². The summed E-state index contributed by atoms with van der Waals surface area (Å²) in [6, 6.07) is 0.211. The second-order valence-electron chi connectivity index (χ2n) is 5.25. The molecule has 19 heavy (non-hydrogen) atoms. The average molecular weight is 284 g/mol. The third kappa shape index (κ3) is 3.62. The van der Waals surface area contributed by atoms with Gasteiger partial charge < -0.3 is 10.0 Å². The molecule has 6 nitrogen and oxygen atoms in total. The Labute approximate surface area is 117 Å². The first-order valence-corrected chi connectivity index (χ1v) is 7.48. The first kappa shape index (κ1) is 14.2. The molecule has 0 atom stereocenters. The minimum atomic E-state index is -0.837. The van der Waals surface area contributed by atoms with Crippen LogP contribution >= 0.6 is 11.8 Å². The molecule has 0 spiro atoms. The molecule has 1 fully saturated rings. The van der Waals surface area contributed by atoms with Crippen LogP contribution in [0.2, 0.25) is 0 Å². The Bertz CT molecular complexity index is 457. The van der Waals surface area contributed by atoms with E-state index in [0.29, 0.717) is 5.16 Å². The summed E-state index contributed by atoms with van der Waals surface area (Å²) in [7, 11) is 2.02. The molecule has 0 aliphatic heterocycles. The topological polar surface area (TPSA) is 71.2 Å². The van der Waals surface area contributed by atoms with E-state index in [1.807, 2.05) is 11.6 Å². The van der Waals surface area contributed by atoms with E-state index in [0.717, 1.165) is 18.4 Å². The van der Waals surface area contributed by atoms with Gasteiger partial charge in [0.1, 0.15) is 0 Å². The molecule has 0 bridgehead atoms. The first-order valence-electron chi connectivity index (χ1n) is 6.49. The predicted molar refractivity (Wildman–Crippen MR) is 74.8 cm³/mol. The van der Waals surface area contributed by atoms with Crippen molar-refractivity contribution < 1.29 is 9.90 Å². The van der Waals surface area contributed by atoms with Gasteiger partial charge in [0, 0.05) is 19.6 Å². The number of aliphatic carboxylic acids is 1. The number of carbonyl (C=O) groups is 1. The zero-order chi connectivity index (χ0) is 14.0. The Morgan fingerprint density at radius 3 is 2.74 bits per heavy atom. The van der Waals surface area contributed by atoms with Gasteiger partial charge >= 0.3 is 5.97 Å². The van der Waals surface area contributed by atoms with Crippen LogP contribution in [0.5, 0.6) is 0 Å². The standard InChI is InChI=1S/C12H20N4O2S/c1-8(2)16-11(15(3)6-9-4-5-9)13-14-12(16)19-7-10(17)18/h8-9H,4-7H2,1-3H3,(H,17,18). The van der Waals surface area contributed by atoms with Crippen molar-refractivity contribution in [3.63, 3.8) is 0 Å². The van der Waals surface area contributed by atoms with Crippen molar-refractivity contribution in [1.82, 2.24) is 14.8 Å². The van der Waals surface area contributed by atoms with Gasteiger partial charge in [-0.05, 0) is 32.6 Å². The van der Waals surface area contributed by atoms with Gasteiger partial charge in [-0.1, -0.05) is 11.8 Å². The van der Waals surface area contributed by atoms with Crippen LogP contribution < -0.4 is 4.90 Å². The second kappa shape index (κ2) is 5.81. The van der Waals surface area contributed by atoms with Gasteiger partial charge in [-0.3, -0.25) is 9.36 Å². The van der Waals surface area contributed by atoms with Crippen LogP contribution in [0.3, 0.4) is 0 Å². The maximum atomic E-state index is 10.7. The summed E-state index contributed by atoms with van der Waals surface area (Å²) in [5, 5.41) is 17.8. The number of carboxylic acids is 1. The number of nitrogens with zero attached hydrogens (tertiary/aromatic N) is 4. The van der Waals surface area contributed by atoms with Gasteiger partial charge in [0.2, 0.25) is 5.95 Å². The SMILES string of the molecule is CC(C)n1c(SCC(=O)O)nnc1N(C)CC1CC1. The van der Waals surface area contributed by atoms with Crippen molar-refractivity contribution in [3.8, 4) is 0 Å². The molecule has 2 rings (SSSR count). The minimum Gasteiger partial charge on any atom is -0.481 e. The lowest BCUT2D eigenvalue weighted by Gasteiger charge is -2.21. The highest BCUT2D eigenvalue weighted by molar-refractivity contribution is 7.99. The van der Waals surface area contributed by atoms with Crippen molar-refractivity contribution in [2.75, 3.05) is 24.2 Å². The lowest BCUT2D eigenvalue weighted by Crippen LogP contribution is -2.24. The Morgan fingerprint density at radius 1 is 1.53 bits per heavy atom. The molecule has 106 valence electrons. The average Bonchev–Trinajstić information content (AvgIpc) is 3.02.